The molecule has 0 aromatic heterocycles. The van der Waals surface area contributed by atoms with Gasteiger partial charge in [0, 0.05) is 18.3 Å². The number of carbonyl (C=O) groups is 3. The van der Waals surface area contributed by atoms with Crippen LogP contribution in [0.3, 0.4) is 0 Å². The minimum atomic E-state index is -1.20. The summed E-state index contributed by atoms with van der Waals surface area (Å²) in [5, 5.41) is 30.0. The van der Waals surface area contributed by atoms with Gasteiger partial charge in [0.15, 0.2) is 0 Å². The van der Waals surface area contributed by atoms with Crippen LogP contribution >= 0.6 is 0 Å². The number of carboxylic acid groups (broad SMARTS) is 3. The van der Waals surface area contributed by atoms with Crippen LogP contribution in [0.2, 0.25) is 0 Å². The van der Waals surface area contributed by atoms with Gasteiger partial charge in [-0.3, -0.25) is 9.59 Å². The highest BCUT2D eigenvalue weighted by Crippen LogP contribution is 2.21. The number of carbonyl (C=O) groups excluding carboxylic acids is 1. The van der Waals surface area contributed by atoms with E-state index in [0.717, 1.165) is 25.7 Å². The van der Waals surface area contributed by atoms with Gasteiger partial charge in [-0.15, -0.1) is 0 Å². The van der Waals surface area contributed by atoms with E-state index in [1.807, 2.05) is 0 Å². The molecule has 0 saturated carbocycles. The number of quaternary nitrogens is 1. The predicted octanol–water partition coefficient (Wildman–Crippen LogP) is 1.77. The maximum Gasteiger partial charge on any atom is 0.311 e. The van der Waals surface area contributed by atoms with Crippen LogP contribution in [0.1, 0.15) is 53.4 Å². The second-order valence-corrected chi connectivity index (χ2v) is 7.71. The molecule has 3 unspecified atom stereocenters. The van der Waals surface area contributed by atoms with Crippen molar-refractivity contribution in [2.45, 2.75) is 53.4 Å². The second-order valence-electron chi connectivity index (χ2n) is 7.71. The molecule has 156 valence electrons. The first-order valence-corrected chi connectivity index (χ1v) is 9.71. The van der Waals surface area contributed by atoms with Crippen molar-refractivity contribution in [3.63, 3.8) is 0 Å². The first-order valence-electron chi connectivity index (χ1n) is 9.71. The number of hydrogen-bond donors (Lipinski definition) is 2. The molecule has 0 heterocycles. The van der Waals surface area contributed by atoms with Gasteiger partial charge < -0.3 is 24.6 Å². The SMILES string of the molecule is CCC/C=C/CCC[N+](CC(C)C(=O)[O-])(CC(C)C(=O)O)CC(C)C(=O)O. The van der Waals surface area contributed by atoms with Crippen LogP contribution < -0.4 is 5.11 Å². The highest BCUT2D eigenvalue weighted by molar-refractivity contribution is 5.70. The number of allylic oxidation sites excluding steroid dienone is 2. The summed E-state index contributed by atoms with van der Waals surface area (Å²) in [6.45, 7) is 7.86. The molecule has 0 aliphatic rings. The summed E-state index contributed by atoms with van der Waals surface area (Å²) in [5.41, 5.74) is 0. The zero-order valence-electron chi connectivity index (χ0n) is 17.0. The van der Waals surface area contributed by atoms with Crippen molar-refractivity contribution in [3.8, 4) is 0 Å². The van der Waals surface area contributed by atoms with E-state index in [4.69, 9.17) is 0 Å². The van der Waals surface area contributed by atoms with E-state index in [0.29, 0.717) is 6.54 Å². The average Bonchev–Trinajstić information content (AvgIpc) is 2.57. The summed E-state index contributed by atoms with van der Waals surface area (Å²) in [6, 6.07) is 0. The van der Waals surface area contributed by atoms with Gasteiger partial charge in [0.25, 0.3) is 0 Å². The average molecular weight is 386 g/mol. The highest BCUT2D eigenvalue weighted by Gasteiger charge is 2.36. The van der Waals surface area contributed by atoms with E-state index in [9.17, 15) is 29.7 Å². The minimum Gasteiger partial charge on any atom is -0.550 e. The lowest BCUT2D eigenvalue weighted by Gasteiger charge is -2.43. The molecule has 0 aromatic carbocycles. The lowest BCUT2D eigenvalue weighted by molar-refractivity contribution is -0.934. The fourth-order valence-corrected chi connectivity index (χ4v) is 3.42. The third-order valence-corrected chi connectivity index (χ3v) is 4.85. The molecule has 0 radical (unpaired) electrons. The number of carboxylic acids is 3. The van der Waals surface area contributed by atoms with Crippen molar-refractivity contribution in [1.82, 2.24) is 0 Å². The van der Waals surface area contributed by atoms with Crippen LogP contribution in [0.25, 0.3) is 0 Å². The third kappa shape index (κ3) is 10.1. The molecule has 0 aliphatic heterocycles. The zero-order valence-corrected chi connectivity index (χ0v) is 17.0. The Morgan fingerprint density at radius 2 is 1.33 bits per heavy atom. The standard InChI is InChI=1S/C20H35NO6/c1-5-6-7-8-9-10-11-21(12-15(2)18(22)23,13-16(3)19(24)25)14-17(4)20(26)27/h7-8,15-17H,5-6,9-14H2,1-4H3,(H2-,22,23,24,25,26,27)/b8-7+. The van der Waals surface area contributed by atoms with Gasteiger partial charge >= 0.3 is 11.9 Å². The van der Waals surface area contributed by atoms with E-state index in [1.165, 1.54) is 6.92 Å². The number of nitrogens with zero attached hydrogens (tertiary/aromatic N) is 1. The Morgan fingerprint density at radius 3 is 1.74 bits per heavy atom. The van der Waals surface area contributed by atoms with Gasteiger partial charge in [-0.2, -0.15) is 0 Å². The smallest absolute Gasteiger partial charge is 0.311 e. The van der Waals surface area contributed by atoms with Crippen LogP contribution in [0.4, 0.5) is 0 Å². The summed E-state index contributed by atoms with van der Waals surface area (Å²) in [7, 11) is 0. The second kappa shape index (κ2) is 12.5. The van der Waals surface area contributed by atoms with Crippen LogP contribution in [0, 0.1) is 17.8 Å². The predicted molar refractivity (Wildman–Crippen MR) is 101 cm³/mol. The van der Waals surface area contributed by atoms with Crippen LogP contribution in [-0.2, 0) is 14.4 Å². The molecular formula is C20H35NO6. The van der Waals surface area contributed by atoms with E-state index in [2.05, 4.69) is 19.1 Å². The lowest BCUT2D eigenvalue weighted by Crippen LogP contribution is -2.58. The normalized spacial score (nSPS) is 17.2. The van der Waals surface area contributed by atoms with Crippen LogP contribution in [-0.4, -0.2) is 58.8 Å². The largest absolute Gasteiger partial charge is 0.550 e. The van der Waals surface area contributed by atoms with Crippen molar-refractivity contribution in [1.29, 1.82) is 0 Å². The third-order valence-electron chi connectivity index (χ3n) is 4.85. The summed E-state index contributed by atoms with van der Waals surface area (Å²) in [5.74, 6) is -5.33. The molecule has 0 saturated heterocycles. The molecule has 0 aromatic rings. The fourth-order valence-electron chi connectivity index (χ4n) is 3.42. The van der Waals surface area contributed by atoms with E-state index >= 15 is 0 Å². The van der Waals surface area contributed by atoms with E-state index < -0.39 is 35.7 Å². The Hall–Kier alpha value is -1.89. The molecule has 0 bridgehead atoms. The van der Waals surface area contributed by atoms with Crippen molar-refractivity contribution in [2.24, 2.45) is 17.8 Å². The zero-order chi connectivity index (χ0) is 21.0. The molecule has 27 heavy (non-hydrogen) atoms. The van der Waals surface area contributed by atoms with E-state index in [1.54, 1.807) is 13.8 Å². The molecule has 0 fully saturated rings. The molecule has 0 amide bonds. The maximum atomic E-state index is 11.4. The summed E-state index contributed by atoms with van der Waals surface area (Å²) < 4.78 is 0.150. The van der Waals surface area contributed by atoms with Gasteiger partial charge in [-0.25, -0.2) is 0 Å². The van der Waals surface area contributed by atoms with Gasteiger partial charge in [-0.05, 0) is 26.7 Å². The van der Waals surface area contributed by atoms with Gasteiger partial charge in [0.1, 0.15) is 11.8 Å². The number of rotatable bonds is 15. The van der Waals surface area contributed by atoms with Crippen molar-refractivity contribution in [2.75, 3.05) is 26.2 Å². The van der Waals surface area contributed by atoms with Crippen LogP contribution in [0.15, 0.2) is 12.2 Å². The molecule has 7 heteroatoms. The van der Waals surface area contributed by atoms with E-state index in [-0.39, 0.29) is 24.1 Å². The number of hydrogen-bond acceptors (Lipinski definition) is 4. The monoisotopic (exact) mass is 385 g/mol. The molecule has 2 N–H and O–H groups in total. The summed E-state index contributed by atoms with van der Waals surface area (Å²) in [4.78, 5) is 34.1. The molecular weight excluding hydrogens is 350 g/mol. The first kappa shape index (κ1) is 25.1. The van der Waals surface area contributed by atoms with Gasteiger partial charge in [0.05, 0.1) is 26.2 Å². The molecule has 7 nitrogen and oxygen atoms in total. The Bertz CT molecular complexity index is 462. The number of aliphatic carboxylic acids is 3. The van der Waals surface area contributed by atoms with Crippen molar-refractivity contribution in [3.05, 3.63) is 12.2 Å². The first-order chi connectivity index (χ1) is 12.5. The minimum absolute atomic E-state index is 0.150. The lowest BCUT2D eigenvalue weighted by atomic mass is 10.0. The Labute approximate surface area is 162 Å². The topological polar surface area (TPSA) is 115 Å². The Kier molecular flexibility index (Phi) is 11.6. The Balaban J connectivity index is 5.49. The van der Waals surface area contributed by atoms with Crippen LogP contribution in [0.5, 0.6) is 0 Å². The highest BCUT2D eigenvalue weighted by atomic mass is 16.4. The van der Waals surface area contributed by atoms with Crippen molar-refractivity contribution >= 4 is 17.9 Å². The molecule has 0 aliphatic carbocycles. The summed E-state index contributed by atoms with van der Waals surface area (Å²) in [6.07, 6.45) is 7.75. The molecule has 0 spiro atoms. The summed E-state index contributed by atoms with van der Waals surface area (Å²) >= 11 is 0. The van der Waals surface area contributed by atoms with Gasteiger partial charge in [0.2, 0.25) is 0 Å². The molecule has 0 rings (SSSR count). The van der Waals surface area contributed by atoms with Gasteiger partial charge in [-0.1, -0.05) is 32.4 Å². The quantitative estimate of drug-likeness (QED) is 0.252. The maximum absolute atomic E-state index is 11.4. The number of unbranched alkanes of at least 4 members (excludes halogenated alkanes) is 2. The van der Waals surface area contributed by atoms with Crippen molar-refractivity contribution < 1.29 is 34.2 Å². The Morgan fingerprint density at radius 1 is 0.889 bits per heavy atom. The fraction of sp³-hybridized carbons (Fsp3) is 0.750. The molecule has 3 atom stereocenters.